The zero-order valence-electron chi connectivity index (χ0n) is 13.9. The maximum Gasteiger partial charge on any atom is 0.178 e. The summed E-state index contributed by atoms with van der Waals surface area (Å²) in [4.78, 5) is 11.7. The van der Waals surface area contributed by atoms with Gasteiger partial charge in [0.05, 0.1) is 6.10 Å². The quantitative estimate of drug-likeness (QED) is 0.687. The van der Waals surface area contributed by atoms with Crippen LogP contribution in [-0.2, 0) is 4.79 Å². The van der Waals surface area contributed by atoms with E-state index in [1.807, 2.05) is 6.08 Å². The molecule has 0 aromatic carbocycles. The van der Waals surface area contributed by atoms with Crippen molar-refractivity contribution in [3.05, 3.63) is 34.9 Å². The SMILES string of the molecule is CC1(C)C2=C(C[C@@H]1O)[C@@H]1CCC3=CC(=O)C=C[C@]3(C)[C@H]1CC2. The molecule has 4 atom stereocenters. The van der Waals surface area contributed by atoms with Gasteiger partial charge in [-0.25, -0.2) is 0 Å². The number of allylic oxidation sites excluding steroid dienone is 4. The first-order valence-electron chi connectivity index (χ1n) is 8.69. The van der Waals surface area contributed by atoms with Gasteiger partial charge in [0, 0.05) is 10.8 Å². The molecule has 118 valence electrons. The van der Waals surface area contributed by atoms with Crippen molar-refractivity contribution in [1.82, 2.24) is 0 Å². The molecule has 0 aromatic rings. The predicted molar refractivity (Wildman–Crippen MR) is 87.2 cm³/mol. The van der Waals surface area contributed by atoms with Gasteiger partial charge in [0.15, 0.2) is 5.78 Å². The van der Waals surface area contributed by atoms with Crippen molar-refractivity contribution in [1.29, 1.82) is 0 Å². The van der Waals surface area contributed by atoms with Gasteiger partial charge in [-0.05, 0) is 56.1 Å². The summed E-state index contributed by atoms with van der Waals surface area (Å²) in [5, 5.41) is 10.5. The third-order valence-electron chi connectivity index (χ3n) is 7.15. The number of rotatable bonds is 0. The van der Waals surface area contributed by atoms with Crippen LogP contribution in [0.15, 0.2) is 34.9 Å². The molecule has 1 saturated carbocycles. The summed E-state index contributed by atoms with van der Waals surface area (Å²) in [6.45, 7) is 6.73. The Balaban J connectivity index is 1.75. The molecule has 0 amide bonds. The molecule has 0 aromatic heterocycles. The van der Waals surface area contributed by atoms with Gasteiger partial charge in [0.1, 0.15) is 0 Å². The highest BCUT2D eigenvalue weighted by Crippen LogP contribution is 2.61. The van der Waals surface area contributed by atoms with E-state index in [9.17, 15) is 9.90 Å². The standard InChI is InChI=1S/C20H26O2/c1-19(2)16-6-7-17-14(15(16)11-18(19)22)5-4-12-10-13(21)8-9-20(12,17)3/h8-10,14,17-18,22H,4-7,11H2,1-3H3/t14-,17-,18-,20-/m0/s1. The van der Waals surface area contributed by atoms with Crippen molar-refractivity contribution in [3.8, 4) is 0 Å². The van der Waals surface area contributed by atoms with Crippen LogP contribution in [0.4, 0.5) is 0 Å². The first kappa shape index (κ1) is 14.4. The van der Waals surface area contributed by atoms with Gasteiger partial charge in [-0.2, -0.15) is 0 Å². The van der Waals surface area contributed by atoms with Crippen LogP contribution in [0.25, 0.3) is 0 Å². The van der Waals surface area contributed by atoms with Crippen LogP contribution in [0.2, 0.25) is 0 Å². The zero-order chi connectivity index (χ0) is 15.7. The molecule has 1 N–H and O–H groups in total. The second-order valence-corrected chi connectivity index (χ2v) is 8.42. The molecule has 4 aliphatic rings. The van der Waals surface area contributed by atoms with E-state index in [0.29, 0.717) is 11.8 Å². The molecule has 2 nitrogen and oxygen atoms in total. The summed E-state index contributed by atoms with van der Waals surface area (Å²) in [6, 6.07) is 0. The van der Waals surface area contributed by atoms with Gasteiger partial charge in [-0.3, -0.25) is 4.79 Å². The maximum atomic E-state index is 11.7. The molecule has 0 bridgehead atoms. The van der Waals surface area contributed by atoms with Gasteiger partial charge in [-0.15, -0.1) is 0 Å². The van der Waals surface area contributed by atoms with Crippen molar-refractivity contribution in [2.75, 3.05) is 0 Å². The van der Waals surface area contributed by atoms with Gasteiger partial charge in [-0.1, -0.05) is 43.6 Å². The largest absolute Gasteiger partial charge is 0.392 e. The molecule has 1 fully saturated rings. The van der Waals surface area contributed by atoms with Crippen LogP contribution >= 0.6 is 0 Å². The van der Waals surface area contributed by atoms with Gasteiger partial charge >= 0.3 is 0 Å². The molecular formula is C20H26O2. The molecule has 0 aliphatic heterocycles. The molecule has 0 spiro atoms. The van der Waals surface area contributed by atoms with Crippen molar-refractivity contribution in [3.63, 3.8) is 0 Å². The fraction of sp³-hybridized carbons (Fsp3) is 0.650. The lowest BCUT2D eigenvalue weighted by atomic mass is 9.53. The summed E-state index contributed by atoms with van der Waals surface area (Å²) in [6.07, 6.45) is 10.9. The van der Waals surface area contributed by atoms with Crippen molar-refractivity contribution in [2.45, 2.75) is 59.0 Å². The Labute approximate surface area is 133 Å². The summed E-state index contributed by atoms with van der Waals surface area (Å²) in [7, 11) is 0. The van der Waals surface area contributed by atoms with E-state index >= 15 is 0 Å². The molecule has 0 saturated heterocycles. The number of fused-ring (bicyclic) bond motifs is 4. The Hall–Kier alpha value is -1.15. The second kappa shape index (κ2) is 4.44. The number of carbonyl (C=O) groups excluding carboxylic acids is 1. The Morgan fingerprint density at radius 3 is 2.73 bits per heavy atom. The highest BCUT2D eigenvalue weighted by molar-refractivity contribution is 6.01. The first-order valence-corrected chi connectivity index (χ1v) is 8.69. The molecule has 22 heavy (non-hydrogen) atoms. The van der Waals surface area contributed by atoms with Gasteiger partial charge in [0.25, 0.3) is 0 Å². The Kier molecular flexibility index (Phi) is 2.92. The molecular weight excluding hydrogens is 272 g/mol. The van der Waals surface area contributed by atoms with E-state index in [1.54, 1.807) is 11.6 Å². The Bertz CT molecular complexity index is 634. The summed E-state index contributed by atoms with van der Waals surface area (Å²) < 4.78 is 0. The van der Waals surface area contributed by atoms with E-state index in [2.05, 4.69) is 26.8 Å². The average molecular weight is 298 g/mol. The first-order chi connectivity index (χ1) is 10.3. The fourth-order valence-electron chi connectivity index (χ4n) is 5.65. The fourth-order valence-corrected chi connectivity index (χ4v) is 5.65. The van der Waals surface area contributed by atoms with E-state index in [1.165, 1.54) is 17.6 Å². The number of carbonyl (C=O) groups is 1. The average Bonchev–Trinajstić information content (AvgIpc) is 2.70. The molecule has 0 radical (unpaired) electrons. The molecule has 0 unspecified atom stereocenters. The lowest BCUT2D eigenvalue weighted by Crippen LogP contribution is -2.41. The number of hydrogen-bond donors (Lipinski definition) is 1. The van der Waals surface area contributed by atoms with Crippen LogP contribution in [0, 0.1) is 22.7 Å². The van der Waals surface area contributed by atoms with Crippen LogP contribution in [0.3, 0.4) is 0 Å². The van der Waals surface area contributed by atoms with Crippen molar-refractivity contribution < 1.29 is 9.90 Å². The molecule has 4 aliphatic carbocycles. The maximum absolute atomic E-state index is 11.7. The van der Waals surface area contributed by atoms with Crippen LogP contribution in [0.5, 0.6) is 0 Å². The summed E-state index contributed by atoms with van der Waals surface area (Å²) in [5.74, 6) is 1.34. The molecule has 0 heterocycles. The van der Waals surface area contributed by atoms with Crippen LogP contribution in [0.1, 0.15) is 52.9 Å². The minimum atomic E-state index is -0.218. The summed E-state index contributed by atoms with van der Waals surface area (Å²) in [5.41, 5.74) is 4.43. The van der Waals surface area contributed by atoms with Gasteiger partial charge < -0.3 is 5.11 Å². The minimum absolute atomic E-state index is 0.0459. The highest BCUT2D eigenvalue weighted by Gasteiger charge is 2.52. The zero-order valence-corrected chi connectivity index (χ0v) is 13.9. The van der Waals surface area contributed by atoms with Crippen LogP contribution in [-0.4, -0.2) is 17.0 Å². The van der Waals surface area contributed by atoms with Crippen molar-refractivity contribution in [2.24, 2.45) is 22.7 Å². The number of aliphatic hydroxyl groups is 1. The van der Waals surface area contributed by atoms with E-state index in [0.717, 1.165) is 25.7 Å². The normalized spacial score (nSPS) is 42.6. The predicted octanol–water partition coefficient (Wildman–Crippen LogP) is 3.97. The minimum Gasteiger partial charge on any atom is -0.392 e. The smallest absolute Gasteiger partial charge is 0.178 e. The number of aliphatic hydroxyl groups excluding tert-OH is 1. The lowest BCUT2D eigenvalue weighted by Gasteiger charge is -2.50. The monoisotopic (exact) mass is 298 g/mol. The Morgan fingerprint density at radius 1 is 1.18 bits per heavy atom. The summed E-state index contributed by atoms with van der Waals surface area (Å²) >= 11 is 0. The van der Waals surface area contributed by atoms with E-state index in [4.69, 9.17) is 0 Å². The molecule has 2 heteroatoms. The Morgan fingerprint density at radius 2 is 1.95 bits per heavy atom. The topological polar surface area (TPSA) is 37.3 Å². The van der Waals surface area contributed by atoms with Crippen molar-refractivity contribution >= 4 is 5.78 Å². The number of ketones is 1. The van der Waals surface area contributed by atoms with E-state index < -0.39 is 0 Å². The lowest BCUT2D eigenvalue weighted by molar-refractivity contribution is -0.110. The van der Waals surface area contributed by atoms with Crippen LogP contribution < -0.4 is 0 Å². The second-order valence-electron chi connectivity index (χ2n) is 8.42. The molecule has 4 rings (SSSR count). The van der Waals surface area contributed by atoms with Gasteiger partial charge in [0.2, 0.25) is 0 Å². The third kappa shape index (κ3) is 1.73. The highest BCUT2D eigenvalue weighted by atomic mass is 16.3. The number of hydrogen-bond acceptors (Lipinski definition) is 2. The van der Waals surface area contributed by atoms with E-state index in [-0.39, 0.29) is 22.7 Å². The third-order valence-corrected chi connectivity index (χ3v) is 7.15.